The lowest BCUT2D eigenvalue weighted by Gasteiger charge is -2.23. The number of benzene rings is 3. The van der Waals surface area contributed by atoms with Crippen LogP contribution in [0.1, 0.15) is 15.9 Å². The van der Waals surface area contributed by atoms with Crippen molar-refractivity contribution < 1.29 is 18.1 Å². The third-order valence-corrected chi connectivity index (χ3v) is 6.21. The van der Waals surface area contributed by atoms with Crippen LogP contribution in [0.15, 0.2) is 71.6 Å². The van der Waals surface area contributed by atoms with Crippen molar-refractivity contribution in [2.24, 2.45) is 0 Å². The maximum Gasteiger partial charge on any atom is 0.271 e. The van der Waals surface area contributed by atoms with E-state index in [9.17, 15) is 23.3 Å². The Hall–Kier alpha value is -3.72. The molecule has 1 N–H and O–H groups in total. The topological polar surface area (TPSA) is 110 Å². The number of carbonyl (C=O) groups is 1. The number of nitro benzene ring substituents is 1. The van der Waals surface area contributed by atoms with E-state index in [4.69, 9.17) is 0 Å². The van der Waals surface area contributed by atoms with E-state index in [1.54, 1.807) is 12.1 Å². The number of para-hydroxylation sites is 3. The van der Waals surface area contributed by atoms with E-state index < -0.39 is 26.4 Å². The van der Waals surface area contributed by atoms with Crippen molar-refractivity contribution in [2.45, 2.75) is 11.3 Å². The second-order valence-electron chi connectivity index (χ2n) is 7.25. The van der Waals surface area contributed by atoms with Gasteiger partial charge >= 0.3 is 0 Å². The molecular weight excluding hydrogens is 418 g/mol. The number of hydrogen-bond acceptors (Lipinski definition) is 6. The summed E-state index contributed by atoms with van der Waals surface area (Å²) < 4.78 is 23.8. The zero-order valence-corrected chi connectivity index (χ0v) is 17.4. The van der Waals surface area contributed by atoms with Crippen LogP contribution >= 0.6 is 0 Å². The van der Waals surface area contributed by atoms with E-state index in [0.29, 0.717) is 5.69 Å². The second kappa shape index (κ2) is 7.84. The zero-order chi connectivity index (χ0) is 22.2. The summed E-state index contributed by atoms with van der Waals surface area (Å²) in [6.45, 7) is 0.751. The summed E-state index contributed by atoms with van der Waals surface area (Å²) >= 11 is 0. The van der Waals surface area contributed by atoms with Gasteiger partial charge in [-0.1, -0.05) is 30.3 Å². The molecule has 8 nitrogen and oxygen atoms in total. The fourth-order valence-electron chi connectivity index (χ4n) is 3.63. The van der Waals surface area contributed by atoms with E-state index in [-0.39, 0.29) is 10.5 Å². The van der Waals surface area contributed by atoms with E-state index >= 15 is 0 Å². The molecule has 0 aliphatic carbocycles. The number of hydrogen-bond donors (Lipinski definition) is 1. The summed E-state index contributed by atoms with van der Waals surface area (Å²) in [6, 6.07) is 18.4. The Morgan fingerprint density at radius 1 is 1.03 bits per heavy atom. The van der Waals surface area contributed by atoms with Gasteiger partial charge in [0.1, 0.15) is 0 Å². The maximum atomic E-state index is 12.9. The number of non-ortho nitro benzene ring substituents is 1. The molecule has 0 bridgehead atoms. The van der Waals surface area contributed by atoms with Crippen LogP contribution in [0.4, 0.5) is 22.7 Å². The number of nitrogens with one attached hydrogen (secondary N) is 1. The first kappa shape index (κ1) is 20.5. The first-order valence-corrected chi connectivity index (χ1v) is 11.4. The Kier molecular flexibility index (Phi) is 5.20. The summed E-state index contributed by atoms with van der Waals surface area (Å²) in [6.07, 6.45) is 1.81. The van der Waals surface area contributed by atoms with Gasteiger partial charge in [-0.3, -0.25) is 14.9 Å². The predicted molar refractivity (Wildman–Crippen MR) is 118 cm³/mol. The second-order valence-corrected chi connectivity index (χ2v) is 9.26. The zero-order valence-electron chi connectivity index (χ0n) is 16.6. The molecule has 0 saturated heterocycles. The molecule has 0 aromatic heterocycles. The van der Waals surface area contributed by atoms with Gasteiger partial charge in [-0.25, -0.2) is 8.42 Å². The molecular formula is C22H19N3O5S. The monoisotopic (exact) mass is 437 g/mol. The Bertz CT molecular complexity index is 1300. The molecule has 0 atom stereocenters. The van der Waals surface area contributed by atoms with Crippen LogP contribution in [0.3, 0.4) is 0 Å². The summed E-state index contributed by atoms with van der Waals surface area (Å²) in [7, 11) is -3.74. The van der Waals surface area contributed by atoms with Gasteiger partial charge in [0, 0.05) is 36.2 Å². The molecule has 0 spiro atoms. The minimum atomic E-state index is -3.74. The van der Waals surface area contributed by atoms with Crippen LogP contribution in [0.5, 0.6) is 0 Å². The Labute approximate surface area is 179 Å². The number of nitrogens with zero attached hydrogens (tertiary/aromatic N) is 2. The van der Waals surface area contributed by atoms with Gasteiger partial charge in [-0.2, -0.15) is 0 Å². The molecule has 0 fully saturated rings. The number of fused-ring (bicyclic) bond motifs is 1. The molecule has 158 valence electrons. The minimum absolute atomic E-state index is 0.105. The van der Waals surface area contributed by atoms with Crippen LogP contribution in [0.25, 0.3) is 0 Å². The standard InChI is InChI=1S/C22H19N3O5S/c1-31(29,30)18-13-16(12-17(14-18)25(27)28)22(26)23-19-7-3-5-9-21(19)24-11-10-15-6-2-4-8-20(15)24/h2-9,12-14H,10-11H2,1H3,(H,23,26). The number of nitro groups is 1. The van der Waals surface area contributed by atoms with Crippen molar-refractivity contribution in [2.75, 3.05) is 23.0 Å². The lowest BCUT2D eigenvalue weighted by molar-refractivity contribution is -0.385. The lowest BCUT2D eigenvalue weighted by atomic mass is 10.1. The van der Waals surface area contributed by atoms with E-state index in [2.05, 4.69) is 16.3 Å². The van der Waals surface area contributed by atoms with Crippen LogP contribution in [-0.4, -0.2) is 32.0 Å². The Morgan fingerprint density at radius 2 is 1.71 bits per heavy atom. The first-order chi connectivity index (χ1) is 14.7. The van der Waals surface area contributed by atoms with E-state index in [0.717, 1.165) is 48.8 Å². The van der Waals surface area contributed by atoms with Crippen LogP contribution in [0.2, 0.25) is 0 Å². The third kappa shape index (κ3) is 4.13. The average Bonchev–Trinajstić information content (AvgIpc) is 3.17. The minimum Gasteiger partial charge on any atom is -0.339 e. The Morgan fingerprint density at radius 3 is 2.42 bits per heavy atom. The van der Waals surface area contributed by atoms with Crippen molar-refractivity contribution in [3.63, 3.8) is 0 Å². The molecule has 0 radical (unpaired) electrons. The summed E-state index contributed by atoms with van der Waals surface area (Å²) in [5, 5.41) is 14.0. The molecule has 3 aromatic carbocycles. The normalized spacial score (nSPS) is 13.0. The number of amides is 1. The number of sulfone groups is 1. The summed E-state index contributed by atoms with van der Waals surface area (Å²) in [5.41, 5.74) is 3.01. The summed E-state index contributed by atoms with van der Waals surface area (Å²) in [5.74, 6) is -0.631. The molecule has 1 aliphatic rings. The Balaban J connectivity index is 1.70. The molecule has 1 aliphatic heterocycles. The molecule has 3 aromatic rings. The largest absolute Gasteiger partial charge is 0.339 e. The van der Waals surface area contributed by atoms with Crippen molar-refractivity contribution >= 4 is 38.5 Å². The quantitative estimate of drug-likeness (QED) is 0.478. The number of carbonyl (C=O) groups excluding carboxylic acids is 1. The van der Waals surface area contributed by atoms with Crippen molar-refractivity contribution in [1.29, 1.82) is 0 Å². The van der Waals surface area contributed by atoms with Gasteiger partial charge in [0.15, 0.2) is 9.84 Å². The third-order valence-electron chi connectivity index (χ3n) is 5.12. The molecule has 1 heterocycles. The predicted octanol–water partition coefficient (Wildman–Crippen LogP) is 3.94. The van der Waals surface area contributed by atoms with Gasteiger partial charge in [0.25, 0.3) is 11.6 Å². The van der Waals surface area contributed by atoms with Gasteiger partial charge < -0.3 is 10.2 Å². The fraction of sp³-hybridized carbons (Fsp3) is 0.136. The molecule has 0 saturated carbocycles. The lowest BCUT2D eigenvalue weighted by Crippen LogP contribution is -2.18. The van der Waals surface area contributed by atoms with Crippen LogP contribution < -0.4 is 10.2 Å². The molecule has 4 rings (SSSR count). The van der Waals surface area contributed by atoms with E-state index in [1.165, 1.54) is 5.56 Å². The first-order valence-electron chi connectivity index (χ1n) is 9.49. The fourth-order valence-corrected chi connectivity index (χ4v) is 4.31. The molecule has 1 amide bonds. The van der Waals surface area contributed by atoms with Crippen LogP contribution in [0, 0.1) is 10.1 Å². The highest BCUT2D eigenvalue weighted by atomic mass is 32.2. The highest BCUT2D eigenvalue weighted by molar-refractivity contribution is 7.90. The van der Waals surface area contributed by atoms with E-state index in [1.807, 2.05) is 30.3 Å². The van der Waals surface area contributed by atoms with Gasteiger partial charge in [0.05, 0.1) is 21.2 Å². The number of anilines is 3. The SMILES string of the molecule is CS(=O)(=O)c1cc(C(=O)Nc2ccccc2N2CCc3ccccc32)cc([N+](=O)[O-])c1. The van der Waals surface area contributed by atoms with Crippen molar-refractivity contribution in [1.82, 2.24) is 0 Å². The average molecular weight is 437 g/mol. The molecule has 31 heavy (non-hydrogen) atoms. The van der Waals surface area contributed by atoms with Crippen molar-refractivity contribution in [3.05, 3.63) is 88.0 Å². The summed E-state index contributed by atoms with van der Waals surface area (Å²) in [4.78, 5) is 25.3. The smallest absolute Gasteiger partial charge is 0.271 e. The highest BCUT2D eigenvalue weighted by Crippen LogP contribution is 2.38. The molecule has 9 heteroatoms. The maximum absolute atomic E-state index is 12.9. The van der Waals surface area contributed by atoms with Gasteiger partial charge in [-0.15, -0.1) is 0 Å². The van der Waals surface area contributed by atoms with Crippen LogP contribution in [-0.2, 0) is 16.3 Å². The highest BCUT2D eigenvalue weighted by Gasteiger charge is 2.24. The van der Waals surface area contributed by atoms with Gasteiger partial charge in [-0.05, 0) is 36.2 Å². The van der Waals surface area contributed by atoms with Gasteiger partial charge in [0.2, 0.25) is 0 Å². The van der Waals surface area contributed by atoms with Crippen molar-refractivity contribution in [3.8, 4) is 0 Å². The molecule has 0 unspecified atom stereocenters. The number of rotatable bonds is 5.